The number of hydrogen-bond donors (Lipinski definition) is 0. The van der Waals surface area contributed by atoms with Crippen LogP contribution in [0.25, 0.3) is 0 Å². The lowest BCUT2D eigenvalue weighted by Crippen LogP contribution is -2.54. The normalized spacial score (nSPS) is 17.0. The summed E-state index contributed by atoms with van der Waals surface area (Å²) < 4.78 is 4.55. The van der Waals surface area contributed by atoms with Gasteiger partial charge in [0, 0.05) is 50.1 Å². The Kier molecular flexibility index (Phi) is 8.47. The van der Waals surface area contributed by atoms with Gasteiger partial charge in [-0.25, -0.2) is 4.98 Å². The molecule has 0 radical (unpaired) electrons. The van der Waals surface area contributed by atoms with Crippen molar-refractivity contribution in [2.75, 3.05) is 24.5 Å². The molecule has 6 heteroatoms. The number of benzene rings is 1. The Bertz CT molecular complexity index is 748. The molecule has 0 aliphatic carbocycles. The van der Waals surface area contributed by atoms with Crippen molar-refractivity contribution < 1.29 is 4.79 Å². The molecule has 0 bridgehead atoms. The molecule has 1 saturated heterocycles. The Morgan fingerprint density at radius 3 is 2.62 bits per heavy atom. The highest BCUT2D eigenvalue weighted by Gasteiger charge is 2.28. The molecule has 1 aliphatic rings. The van der Waals surface area contributed by atoms with E-state index in [1.54, 1.807) is 0 Å². The summed E-state index contributed by atoms with van der Waals surface area (Å²) in [7, 11) is 0. The summed E-state index contributed by atoms with van der Waals surface area (Å²) in [5, 5.41) is 0.978. The van der Waals surface area contributed by atoms with Crippen LogP contribution in [0.15, 0.2) is 30.3 Å². The van der Waals surface area contributed by atoms with E-state index in [0.29, 0.717) is 12.3 Å². The van der Waals surface area contributed by atoms with Gasteiger partial charge in [-0.3, -0.25) is 4.79 Å². The number of carbonyl (C=O) groups is 1. The Morgan fingerprint density at radius 1 is 1.10 bits per heavy atom. The number of piperazine rings is 1. The van der Waals surface area contributed by atoms with Gasteiger partial charge in [0.2, 0.25) is 11.0 Å². The zero-order chi connectivity index (χ0) is 20.5. The van der Waals surface area contributed by atoms with Gasteiger partial charge < -0.3 is 9.80 Å². The highest BCUT2D eigenvalue weighted by molar-refractivity contribution is 7.09. The van der Waals surface area contributed by atoms with Crippen molar-refractivity contribution in [3.8, 4) is 0 Å². The number of nitrogens with zero attached hydrogens (tertiary/aromatic N) is 4. The average molecular weight is 415 g/mol. The number of carbonyl (C=O) groups excluding carboxylic acids is 1. The molecule has 0 N–H and O–H groups in total. The lowest BCUT2D eigenvalue weighted by atomic mass is 10.1. The van der Waals surface area contributed by atoms with Gasteiger partial charge in [-0.05, 0) is 18.9 Å². The highest BCUT2D eigenvalue weighted by atomic mass is 32.1. The van der Waals surface area contributed by atoms with E-state index in [2.05, 4.69) is 40.2 Å². The van der Waals surface area contributed by atoms with E-state index >= 15 is 0 Å². The van der Waals surface area contributed by atoms with E-state index in [1.165, 1.54) is 49.2 Å². The minimum atomic E-state index is 0.220. The Balaban J connectivity index is 1.44. The van der Waals surface area contributed by atoms with Crippen LogP contribution in [0.2, 0.25) is 0 Å². The lowest BCUT2D eigenvalue weighted by molar-refractivity contribution is -0.133. The van der Waals surface area contributed by atoms with Crippen LogP contribution in [0.5, 0.6) is 0 Å². The fraction of sp³-hybridized carbons (Fsp3) is 0.609. The topological polar surface area (TPSA) is 49.3 Å². The van der Waals surface area contributed by atoms with Gasteiger partial charge in [-0.2, -0.15) is 4.37 Å². The van der Waals surface area contributed by atoms with Crippen molar-refractivity contribution in [1.29, 1.82) is 0 Å². The van der Waals surface area contributed by atoms with Gasteiger partial charge in [-0.15, -0.1) is 0 Å². The molecule has 1 aromatic heterocycles. The standard InChI is InChI=1S/C23H34N4OS/c1-3-4-5-6-7-11-14-22(28)27-16-15-26(18-19(27)2)23-24-21(25-29-23)17-20-12-9-8-10-13-20/h8-10,12-13,19H,3-7,11,14-18H2,1-2H3. The zero-order valence-electron chi connectivity index (χ0n) is 17.8. The number of amides is 1. The largest absolute Gasteiger partial charge is 0.343 e. The second-order valence-electron chi connectivity index (χ2n) is 8.06. The molecule has 1 aliphatic heterocycles. The van der Waals surface area contributed by atoms with Crippen LogP contribution < -0.4 is 4.90 Å². The Hall–Kier alpha value is -1.95. The molecular formula is C23H34N4OS. The van der Waals surface area contributed by atoms with Crippen LogP contribution >= 0.6 is 11.5 Å². The highest BCUT2D eigenvalue weighted by Crippen LogP contribution is 2.23. The first-order valence-electron chi connectivity index (χ1n) is 11.1. The Labute approximate surface area is 179 Å². The summed E-state index contributed by atoms with van der Waals surface area (Å²) in [6.07, 6.45) is 8.79. The first-order valence-corrected chi connectivity index (χ1v) is 11.9. The molecule has 0 spiro atoms. The van der Waals surface area contributed by atoms with Gasteiger partial charge in [0.1, 0.15) is 5.82 Å². The maximum atomic E-state index is 12.6. The van der Waals surface area contributed by atoms with E-state index in [4.69, 9.17) is 4.98 Å². The summed E-state index contributed by atoms with van der Waals surface area (Å²) in [5.74, 6) is 1.19. The molecule has 1 amide bonds. The predicted molar refractivity (Wildman–Crippen MR) is 121 cm³/mol. The van der Waals surface area contributed by atoms with Gasteiger partial charge >= 0.3 is 0 Å². The van der Waals surface area contributed by atoms with Crippen LogP contribution in [0, 0.1) is 0 Å². The number of rotatable bonds is 10. The van der Waals surface area contributed by atoms with Gasteiger partial charge in [0.05, 0.1) is 0 Å². The zero-order valence-corrected chi connectivity index (χ0v) is 18.7. The predicted octanol–water partition coefficient (Wildman–Crippen LogP) is 4.92. The van der Waals surface area contributed by atoms with Crippen molar-refractivity contribution in [3.63, 3.8) is 0 Å². The van der Waals surface area contributed by atoms with Crippen LogP contribution in [-0.2, 0) is 11.2 Å². The monoisotopic (exact) mass is 414 g/mol. The van der Waals surface area contributed by atoms with Gasteiger partial charge in [0.25, 0.3) is 0 Å². The van der Waals surface area contributed by atoms with Gasteiger partial charge in [-0.1, -0.05) is 69.4 Å². The minimum absolute atomic E-state index is 0.220. The SMILES string of the molecule is CCCCCCCCC(=O)N1CCN(c2nc(Cc3ccccc3)ns2)CC1C. The fourth-order valence-corrected chi connectivity index (χ4v) is 4.65. The third-order valence-corrected chi connectivity index (χ3v) is 6.44. The van der Waals surface area contributed by atoms with E-state index < -0.39 is 0 Å². The van der Waals surface area contributed by atoms with E-state index in [1.807, 2.05) is 18.2 Å². The summed E-state index contributed by atoms with van der Waals surface area (Å²) in [6.45, 7) is 6.84. The minimum Gasteiger partial charge on any atom is -0.343 e. The smallest absolute Gasteiger partial charge is 0.222 e. The van der Waals surface area contributed by atoms with Crippen molar-refractivity contribution in [1.82, 2.24) is 14.3 Å². The Morgan fingerprint density at radius 2 is 1.86 bits per heavy atom. The summed E-state index contributed by atoms with van der Waals surface area (Å²) in [5.41, 5.74) is 1.23. The molecular weight excluding hydrogens is 380 g/mol. The van der Waals surface area contributed by atoms with Crippen LogP contribution in [0.4, 0.5) is 5.13 Å². The molecule has 29 heavy (non-hydrogen) atoms. The average Bonchev–Trinajstić information content (AvgIpc) is 3.19. The van der Waals surface area contributed by atoms with Crippen LogP contribution in [0.3, 0.4) is 0 Å². The van der Waals surface area contributed by atoms with Crippen molar-refractivity contribution in [2.24, 2.45) is 0 Å². The third kappa shape index (κ3) is 6.53. The molecule has 1 unspecified atom stereocenters. The molecule has 2 aromatic rings. The maximum Gasteiger partial charge on any atom is 0.222 e. The van der Waals surface area contributed by atoms with E-state index in [-0.39, 0.29) is 6.04 Å². The van der Waals surface area contributed by atoms with Crippen LogP contribution in [0.1, 0.15) is 70.2 Å². The van der Waals surface area contributed by atoms with Crippen LogP contribution in [-0.4, -0.2) is 45.8 Å². The number of unbranched alkanes of at least 4 members (excludes halogenated alkanes) is 5. The van der Waals surface area contributed by atoms with Gasteiger partial charge in [0.15, 0.2) is 0 Å². The number of hydrogen-bond acceptors (Lipinski definition) is 5. The first-order chi connectivity index (χ1) is 14.2. The molecule has 3 rings (SSSR count). The molecule has 5 nitrogen and oxygen atoms in total. The quantitative estimate of drug-likeness (QED) is 0.518. The summed E-state index contributed by atoms with van der Waals surface area (Å²) >= 11 is 1.47. The molecule has 0 saturated carbocycles. The lowest BCUT2D eigenvalue weighted by Gasteiger charge is -2.39. The molecule has 1 aromatic carbocycles. The van der Waals surface area contributed by atoms with Crippen molar-refractivity contribution in [3.05, 3.63) is 41.7 Å². The fourth-order valence-electron chi connectivity index (χ4n) is 3.93. The third-order valence-electron chi connectivity index (χ3n) is 5.62. The summed E-state index contributed by atoms with van der Waals surface area (Å²) in [6, 6.07) is 10.6. The first kappa shape index (κ1) is 21.8. The van der Waals surface area contributed by atoms with E-state index in [9.17, 15) is 4.79 Å². The molecule has 1 atom stereocenters. The molecule has 158 valence electrons. The second kappa shape index (κ2) is 11.3. The number of anilines is 1. The van der Waals surface area contributed by atoms with Crippen molar-refractivity contribution in [2.45, 2.75) is 71.3 Å². The van der Waals surface area contributed by atoms with E-state index in [0.717, 1.165) is 43.4 Å². The molecule has 1 fully saturated rings. The summed E-state index contributed by atoms with van der Waals surface area (Å²) in [4.78, 5) is 21.7. The number of aromatic nitrogens is 2. The van der Waals surface area contributed by atoms with Crippen molar-refractivity contribution >= 4 is 22.6 Å². The maximum absolute atomic E-state index is 12.6. The molecule has 2 heterocycles. The second-order valence-corrected chi connectivity index (χ2v) is 8.79.